The van der Waals surface area contributed by atoms with Crippen molar-refractivity contribution in [1.82, 2.24) is 4.98 Å². The Morgan fingerprint density at radius 3 is 2.76 bits per heavy atom. The highest BCUT2D eigenvalue weighted by Crippen LogP contribution is 2.13. The van der Waals surface area contributed by atoms with Gasteiger partial charge in [-0.15, -0.1) is 0 Å². The first kappa shape index (κ1) is 11.6. The van der Waals surface area contributed by atoms with Crippen LogP contribution < -0.4 is 0 Å². The van der Waals surface area contributed by atoms with Gasteiger partial charge in [-0.3, -0.25) is 0 Å². The molecule has 0 fully saturated rings. The van der Waals surface area contributed by atoms with Gasteiger partial charge in [0.1, 0.15) is 0 Å². The average molecular weight is 223 g/mol. The van der Waals surface area contributed by atoms with Crippen molar-refractivity contribution in [1.29, 1.82) is 0 Å². The third kappa shape index (κ3) is 2.82. The molecular weight excluding hydrogens is 206 g/mol. The molecule has 86 valence electrons. The third-order valence-corrected chi connectivity index (χ3v) is 2.87. The van der Waals surface area contributed by atoms with Crippen LogP contribution in [0, 0.1) is 0 Å². The van der Waals surface area contributed by atoms with Gasteiger partial charge in [-0.1, -0.05) is 48.9 Å². The summed E-state index contributed by atoms with van der Waals surface area (Å²) >= 11 is 0. The monoisotopic (exact) mass is 223 g/mol. The second-order valence-electron chi connectivity index (χ2n) is 3.98. The smallest absolute Gasteiger partial charge is 0.0709 e. The molecule has 0 aliphatic rings. The van der Waals surface area contributed by atoms with Crippen LogP contribution in [0.1, 0.15) is 26.0 Å². The molecular formula is C16H17N. The Balaban J connectivity index is 2.31. The molecule has 0 bridgehead atoms. The summed E-state index contributed by atoms with van der Waals surface area (Å²) in [6.45, 7) is 4.23. The predicted octanol–water partition coefficient (Wildman–Crippen LogP) is 4.60. The molecule has 2 aromatic rings. The van der Waals surface area contributed by atoms with Crippen molar-refractivity contribution in [2.75, 3.05) is 0 Å². The normalized spacial score (nSPS) is 12.5. The van der Waals surface area contributed by atoms with Gasteiger partial charge in [0.05, 0.1) is 11.2 Å². The molecule has 0 spiro atoms. The van der Waals surface area contributed by atoms with E-state index in [-0.39, 0.29) is 0 Å². The Morgan fingerprint density at radius 1 is 1.18 bits per heavy atom. The van der Waals surface area contributed by atoms with E-state index in [1.807, 2.05) is 18.2 Å². The Kier molecular flexibility index (Phi) is 3.71. The molecule has 0 unspecified atom stereocenters. The molecule has 1 heteroatoms. The van der Waals surface area contributed by atoms with Crippen LogP contribution in [0.4, 0.5) is 0 Å². The number of aromatic nitrogens is 1. The Bertz CT molecular complexity index is 565. The van der Waals surface area contributed by atoms with Crippen LogP contribution in [0.2, 0.25) is 0 Å². The fourth-order valence-electron chi connectivity index (χ4n) is 1.79. The topological polar surface area (TPSA) is 12.9 Å². The highest BCUT2D eigenvalue weighted by atomic mass is 14.7. The molecule has 0 saturated heterocycles. The molecule has 0 atom stereocenters. The highest BCUT2D eigenvalue weighted by molar-refractivity contribution is 5.79. The molecule has 2 rings (SSSR count). The van der Waals surface area contributed by atoms with Crippen LogP contribution in [0.15, 0.2) is 54.1 Å². The number of hydrogen-bond donors (Lipinski definition) is 0. The summed E-state index contributed by atoms with van der Waals surface area (Å²) in [5.74, 6) is 0. The van der Waals surface area contributed by atoms with Gasteiger partial charge in [0, 0.05) is 5.39 Å². The third-order valence-electron chi connectivity index (χ3n) is 2.87. The van der Waals surface area contributed by atoms with Crippen LogP contribution >= 0.6 is 0 Å². The van der Waals surface area contributed by atoms with Crippen molar-refractivity contribution < 1.29 is 0 Å². The first-order valence-electron chi connectivity index (χ1n) is 6.02. The minimum atomic E-state index is 1.01. The lowest BCUT2D eigenvalue weighted by atomic mass is 10.1. The number of allylic oxidation sites excluding steroid dienone is 3. The number of pyridine rings is 1. The van der Waals surface area contributed by atoms with Crippen LogP contribution in [0.3, 0.4) is 0 Å². The minimum absolute atomic E-state index is 1.01. The molecule has 1 aromatic carbocycles. The largest absolute Gasteiger partial charge is 0.248 e. The minimum Gasteiger partial charge on any atom is -0.248 e. The highest BCUT2D eigenvalue weighted by Gasteiger charge is 1.94. The molecule has 1 aromatic heterocycles. The fraction of sp³-hybridized carbons (Fsp3) is 0.188. The van der Waals surface area contributed by atoms with E-state index < -0.39 is 0 Å². The molecule has 0 radical (unpaired) electrons. The summed E-state index contributed by atoms with van der Waals surface area (Å²) in [6.07, 6.45) is 7.40. The molecule has 0 aliphatic carbocycles. The summed E-state index contributed by atoms with van der Waals surface area (Å²) in [7, 11) is 0. The van der Waals surface area contributed by atoms with E-state index in [4.69, 9.17) is 0 Å². The molecule has 17 heavy (non-hydrogen) atoms. The van der Waals surface area contributed by atoms with E-state index in [9.17, 15) is 0 Å². The number of hydrogen-bond acceptors (Lipinski definition) is 1. The van der Waals surface area contributed by atoms with E-state index in [2.05, 4.69) is 55.3 Å². The zero-order valence-corrected chi connectivity index (χ0v) is 10.4. The van der Waals surface area contributed by atoms with Gasteiger partial charge in [0.2, 0.25) is 0 Å². The van der Waals surface area contributed by atoms with Gasteiger partial charge >= 0.3 is 0 Å². The number of benzene rings is 1. The number of fused-ring (bicyclic) bond motifs is 1. The Hall–Kier alpha value is -1.89. The van der Waals surface area contributed by atoms with Crippen molar-refractivity contribution in [3.8, 4) is 0 Å². The predicted molar refractivity (Wildman–Crippen MR) is 74.8 cm³/mol. The van der Waals surface area contributed by atoms with Crippen molar-refractivity contribution in [3.63, 3.8) is 0 Å². The summed E-state index contributed by atoms with van der Waals surface area (Å²) < 4.78 is 0. The first-order chi connectivity index (χ1) is 8.33. The van der Waals surface area contributed by atoms with Gasteiger partial charge in [-0.2, -0.15) is 0 Å². The van der Waals surface area contributed by atoms with Gasteiger partial charge < -0.3 is 0 Å². The lowest BCUT2D eigenvalue weighted by Gasteiger charge is -1.99. The van der Waals surface area contributed by atoms with E-state index in [1.165, 1.54) is 11.0 Å². The molecule has 1 heterocycles. The summed E-state index contributed by atoms with van der Waals surface area (Å²) in [6, 6.07) is 12.4. The van der Waals surface area contributed by atoms with Gasteiger partial charge in [-0.05, 0) is 31.6 Å². The molecule has 0 aliphatic heterocycles. The summed E-state index contributed by atoms with van der Waals surface area (Å²) in [5.41, 5.74) is 3.39. The fourth-order valence-corrected chi connectivity index (χ4v) is 1.79. The van der Waals surface area contributed by atoms with Crippen LogP contribution in [0.5, 0.6) is 0 Å². The van der Waals surface area contributed by atoms with E-state index in [0.717, 1.165) is 17.6 Å². The van der Waals surface area contributed by atoms with E-state index in [1.54, 1.807) is 0 Å². The standard InChI is InChI=1S/C16H17N/c1-3-13(4-2)9-11-15-12-10-14-7-5-6-8-16(14)17-15/h3,5-12H,4H2,1-2H3/b11-9+,13-3+. The van der Waals surface area contributed by atoms with Crippen molar-refractivity contribution >= 4 is 17.0 Å². The van der Waals surface area contributed by atoms with Crippen molar-refractivity contribution in [3.05, 3.63) is 59.8 Å². The lowest BCUT2D eigenvalue weighted by Crippen LogP contribution is -1.83. The van der Waals surface area contributed by atoms with Crippen LogP contribution in [-0.2, 0) is 0 Å². The van der Waals surface area contributed by atoms with E-state index in [0.29, 0.717) is 0 Å². The maximum absolute atomic E-state index is 4.60. The Labute approximate surface area is 103 Å². The summed E-state index contributed by atoms with van der Waals surface area (Å²) in [4.78, 5) is 4.60. The maximum atomic E-state index is 4.60. The second kappa shape index (κ2) is 5.44. The number of para-hydroxylation sites is 1. The van der Waals surface area contributed by atoms with Crippen LogP contribution in [0.25, 0.3) is 17.0 Å². The first-order valence-corrected chi connectivity index (χ1v) is 6.02. The zero-order chi connectivity index (χ0) is 12.1. The molecule has 0 N–H and O–H groups in total. The molecule has 0 amide bonds. The number of rotatable bonds is 3. The second-order valence-corrected chi connectivity index (χ2v) is 3.98. The lowest BCUT2D eigenvalue weighted by molar-refractivity contribution is 1.14. The summed E-state index contributed by atoms with van der Waals surface area (Å²) in [5, 5.41) is 1.19. The molecule has 1 nitrogen and oxygen atoms in total. The number of nitrogens with zero attached hydrogens (tertiary/aromatic N) is 1. The van der Waals surface area contributed by atoms with Gasteiger partial charge in [0.15, 0.2) is 0 Å². The molecule has 0 saturated carbocycles. The van der Waals surface area contributed by atoms with Gasteiger partial charge in [0.25, 0.3) is 0 Å². The van der Waals surface area contributed by atoms with E-state index >= 15 is 0 Å². The average Bonchev–Trinajstić information content (AvgIpc) is 2.40. The van der Waals surface area contributed by atoms with Crippen molar-refractivity contribution in [2.24, 2.45) is 0 Å². The van der Waals surface area contributed by atoms with Crippen LogP contribution in [-0.4, -0.2) is 4.98 Å². The van der Waals surface area contributed by atoms with Gasteiger partial charge in [-0.25, -0.2) is 4.98 Å². The zero-order valence-electron chi connectivity index (χ0n) is 10.4. The van der Waals surface area contributed by atoms with Crippen molar-refractivity contribution in [2.45, 2.75) is 20.3 Å². The Morgan fingerprint density at radius 2 is 2.00 bits per heavy atom. The SMILES string of the molecule is C/C=C(/C=C/c1ccc2ccccc2n1)CC. The maximum Gasteiger partial charge on any atom is 0.0709 e. The quantitative estimate of drug-likeness (QED) is 0.693.